The predicted molar refractivity (Wildman–Crippen MR) is 99.8 cm³/mol. The number of carbonyl (C=O) groups is 1. The topological polar surface area (TPSA) is 60.4 Å². The third-order valence-corrected chi connectivity index (χ3v) is 8.90. The van der Waals surface area contributed by atoms with Crippen molar-refractivity contribution in [2.75, 3.05) is 12.0 Å². The average Bonchev–Trinajstić information content (AvgIpc) is 2.67. The monoisotopic (exact) mass is 492 g/mol. The Balaban J connectivity index is 2.52. The van der Waals surface area contributed by atoms with Gasteiger partial charge in [0.25, 0.3) is 0 Å². The first kappa shape index (κ1) is 25.1. The number of carbonyl (C=O) groups excluding carboxylic acids is 1. The van der Waals surface area contributed by atoms with Gasteiger partial charge < -0.3 is 0 Å². The Bertz CT molecular complexity index is 1030. The molecule has 2 rings (SSSR count). The van der Waals surface area contributed by atoms with Crippen LogP contribution in [0.5, 0.6) is 0 Å². The maximum absolute atomic E-state index is 13.9. The fraction of sp³-hybridized carbons (Fsp3) is 0.278. The van der Waals surface area contributed by atoms with E-state index in [0.717, 1.165) is 6.26 Å². The van der Waals surface area contributed by atoms with Crippen molar-refractivity contribution in [1.82, 2.24) is 0 Å². The Morgan fingerprint density at radius 3 is 1.74 bits per heavy atom. The highest BCUT2D eigenvalue weighted by molar-refractivity contribution is 8.33. The molecule has 4 nitrogen and oxygen atoms in total. The quantitative estimate of drug-likeness (QED) is 0.365. The number of rotatable bonds is 8. The van der Waals surface area contributed by atoms with Crippen LogP contribution in [0.25, 0.3) is 0 Å². The van der Waals surface area contributed by atoms with Crippen molar-refractivity contribution in [1.29, 1.82) is 0 Å². The Morgan fingerprint density at radius 2 is 1.29 bits per heavy atom. The average molecular weight is 492 g/mol. The minimum atomic E-state index is -6.93. The van der Waals surface area contributed by atoms with Gasteiger partial charge in [0.1, 0.15) is 0 Å². The summed E-state index contributed by atoms with van der Waals surface area (Å²) in [5, 5.41) is -6.64. The Kier molecular flexibility index (Phi) is 6.84. The van der Waals surface area contributed by atoms with Gasteiger partial charge in [-0.25, -0.2) is 3.63 Å². The molecule has 31 heavy (non-hydrogen) atoms. The molecular formula is C18H15F7O4S2. The van der Waals surface area contributed by atoms with Gasteiger partial charge in [-0.3, -0.25) is 4.79 Å². The largest absolute Gasteiger partial charge is 0.461 e. The Labute approximate surface area is 174 Å². The Morgan fingerprint density at radius 1 is 0.839 bits per heavy atom. The standard InChI is InChI=1S/C18H15F7O4S2/c1-30(14-10-6-3-7-11-14,12-15(26)13-8-4-2-5-9-13)29-31(27,28)18(24,25)16(19,20)17(21,22)23/h2-11H,12H2,1H3. The first-order valence-corrected chi connectivity index (χ1v) is 11.8. The summed E-state index contributed by atoms with van der Waals surface area (Å²) >= 11 is 0. The molecule has 1 unspecified atom stereocenters. The van der Waals surface area contributed by atoms with Crippen LogP contribution in [-0.2, 0) is 13.7 Å². The summed E-state index contributed by atoms with van der Waals surface area (Å²) < 4.78 is 120. The van der Waals surface area contributed by atoms with E-state index in [4.69, 9.17) is 0 Å². The first-order valence-electron chi connectivity index (χ1n) is 8.22. The zero-order chi connectivity index (χ0) is 23.7. The summed E-state index contributed by atoms with van der Waals surface area (Å²) in [5.41, 5.74) is 0.0329. The van der Waals surface area contributed by atoms with Crippen LogP contribution in [0.15, 0.2) is 65.6 Å². The number of halogens is 7. The van der Waals surface area contributed by atoms with E-state index in [-0.39, 0.29) is 10.5 Å². The van der Waals surface area contributed by atoms with Gasteiger partial charge in [0.2, 0.25) is 0 Å². The third kappa shape index (κ3) is 4.88. The van der Waals surface area contributed by atoms with Gasteiger partial charge in [0, 0.05) is 10.5 Å². The van der Waals surface area contributed by atoms with Crippen LogP contribution < -0.4 is 0 Å². The summed E-state index contributed by atoms with van der Waals surface area (Å²) in [6.45, 7) is 0. The Hall–Kier alpha value is -2.12. The molecule has 0 fully saturated rings. The van der Waals surface area contributed by atoms with Gasteiger partial charge >= 0.3 is 27.5 Å². The van der Waals surface area contributed by atoms with Crippen molar-refractivity contribution < 1.29 is 47.6 Å². The lowest BCUT2D eigenvalue weighted by atomic mass is 10.2. The van der Waals surface area contributed by atoms with Crippen LogP contribution in [0.2, 0.25) is 0 Å². The minimum absolute atomic E-state index is 0.0329. The van der Waals surface area contributed by atoms with Crippen molar-refractivity contribution in [2.45, 2.75) is 22.2 Å². The van der Waals surface area contributed by atoms with Crippen molar-refractivity contribution in [3.8, 4) is 0 Å². The molecule has 2 aromatic carbocycles. The molecule has 0 aliphatic heterocycles. The van der Waals surface area contributed by atoms with Gasteiger partial charge in [-0.1, -0.05) is 58.8 Å². The fourth-order valence-electron chi connectivity index (χ4n) is 2.38. The molecule has 2 aromatic rings. The highest BCUT2D eigenvalue weighted by Gasteiger charge is 2.79. The molecule has 0 aromatic heterocycles. The molecular weight excluding hydrogens is 477 g/mol. The molecule has 0 amide bonds. The maximum Gasteiger partial charge on any atom is 0.461 e. The van der Waals surface area contributed by atoms with Crippen LogP contribution in [0.1, 0.15) is 10.4 Å². The molecule has 0 saturated heterocycles. The van der Waals surface area contributed by atoms with Crippen LogP contribution in [0, 0.1) is 0 Å². The number of hydrogen-bond acceptors (Lipinski definition) is 4. The molecule has 0 aliphatic carbocycles. The molecule has 13 heteroatoms. The van der Waals surface area contributed by atoms with Crippen molar-refractivity contribution >= 4 is 26.2 Å². The number of ketones is 1. The molecule has 0 bridgehead atoms. The maximum atomic E-state index is 13.9. The molecule has 172 valence electrons. The van der Waals surface area contributed by atoms with Gasteiger partial charge in [-0.2, -0.15) is 39.2 Å². The molecule has 0 saturated carbocycles. The van der Waals surface area contributed by atoms with Gasteiger partial charge in [0.15, 0.2) is 5.78 Å². The van der Waals surface area contributed by atoms with Crippen LogP contribution in [-0.4, -0.2) is 43.6 Å². The number of Topliss-reactive ketones (excluding diaryl/α,β-unsaturated/α-hetero) is 1. The third-order valence-electron chi connectivity index (χ3n) is 4.02. The molecule has 1 atom stereocenters. The predicted octanol–water partition coefficient (Wildman–Crippen LogP) is 5.41. The van der Waals surface area contributed by atoms with E-state index in [1.807, 2.05) is 0 Å². The normalized spacial score (nSPS) is 16.4. The first-order chi connectivity index (χ1) is 14.1. The molecule has 0 radical (unpaired) electrons. The zero-order valence-electron chi connectivity index (χ0n) is 15.6. The van der Waals surface area contributed by atoms with Crippen molar-refractivity contribution in [3.63, 3.8) is 0 Å². The summed E-state index contributed by atoms with van der Waals surface area (Å²) in [6, 6.07) is 13.6. The zero-order valence-corrected chi connectivity index (χ0v) is 17.2. The second kappa shape index (κ2) is 8.43. The van der Waals surface area contributed by atoms with Gasteiger partial charge in [-0.05, 0) is 18.4 Å². The summed E-state index contributed by atoms with van der Waals surface area (Å²) in [4.78, 5) is 12.4. The van der Waals surface area contributed by atoms with E-state index < -0.39 is 49.3 Å². The van der Waals surface area contributed by atoms with Gasteiger partial charge in [-0.15, -0.1) is 0 Å². The van der Waals surface area contributed by atoms with E-state index in [1.165, 1.54) is 54.6 Å². The van der Waals surface area contributed by atoms with Crippen LogP contribution in [0.3, 0.4) is 0 Å². The van der Waals surface area contributed by atoms with E-state index in [2.05, 4.69) is 3.63 Å². The van der Waals surface area contributed by atoms with E-state index in [9.17, 15) is 43.9 Å². The smallest absolute Gasteiger partial charge is 0.293 e. The van der Waals surface area contributed by atoms with Crippen LogP contribution in [0.4, 0.5) is 30.7 Å². The second-order valence-corrected chi connectivity index (χ2v) is 11.1. The van der Waals surface area contributed by atoms with E-state index in [0.29, 0.717) is 0 Å². The summed E-state index contributed by atoms with van der Waals surface area (Å²) in [6.07, 6.45) is -5.96. The lowest BCUT2D eigenvalue weighted by Gasteiger charge is -2.36. The number of hydrogen-bond donors (Lipinski definition) is 0. The van der Waals surface area contributed by atoms with Crippen LogP contribution >= 0.6 is 10.3 Å². The van der Waals surface area contributed by atoms with Gasteiger partial charge in [0.05, 0.1) is 5.75 Å². The van der Waals surface area contributed by atoms with Crippen molar-refractivity contribution in [2.24, 2.45) is 0 Å². The highest BCUT2D eigenvalue weighted by atomic mass is 32.3. The summed E-state index contributed by atoms with van der Waals surface area (Å²) in [5.74, 6) is -8.59. The SMILES string of the molecule is CS(CC(=O)c1ccccc1)(OS(=O)(=O)C(F)(F)C(F)(F)C(F)(F)F)c1ccccc1. The van der Waals surface area contributed by atoms with Crippen molar-refractivity contribution in [3.05, 3.63) is 66.2 Å². The molecule has 0 spiro atoms. The number of benzene rings is 2. The molecule has 0 aliphatic rings. The second-order valence-electron chi connectivity index (χ2n) is 6.36. The minimum Gasteiger partial charge on any atom is -0.293 e. The number of alkyl halides is 7. The highest BCUT2D eigenvalue weighted by Crippen LogP contribution is 2.59. The lowest BCUT2D eigenvalue weighted by Crippen LogP contribution is -2.56. The lowest BCUT2D eigenvalue weighted by molar-refractivity contribution is -0.333. The fourth-order valence-corrected chi connectivity index (χ4v) is 6.80. The summed E-state index contributed by atoms with van der Waals surface area (Å²) in [7, 11) is -10.5. The van der Waals surface area contributed by atoms with E-state index in [1.54, 1.807) is 6.07 Å². The molecule has 0 N–H and O–H groups in total. The van der Waals surface area contributed by atoms with E-state index >= 15 is 0 Å². The molecule has 0 heterocycles.